The Morgan fingerprint density at radius 1 is 1.26 bits per heavy atom. The number of aromatic nitrogens is 1. The second-order valence-electron chi connectivity index (χ2n) is 5.85. The molecule has 128 valence electrons. The molecule has 0 fully saturated rings. The first kappa shape index (κ1) is 20.2. The van der Waals surface area contributed by atoms with Gasteiger partial charge in [0.15, 0.2) is 5.96 Å². The van der Waals surface area contributed by atoms with Crippen LogP contribution in [0.25, 0.3) is 10.2 Å². The van der Waals surface area contributed by atoms with Crippen LogP contribution in [-0.2, 0) is 6.42 Å². The number of rotatable bonds is 6. The molecule has 4 nitrogen and oxygen atoms in total. The number of nitrogens with zero attached hydrogens (tertiary/aromatic N) is 2. The van der Waals surface area contributed by atoms with Crippen molar-refractivity contribution in [2.45, 2.75) is 39.7 Å². The third-order valence-corrected chi connectivity index (χ3v) is 4.88. The Kier molecular flexibility index (Phi) is 8.83. The van der Waals surface area contributed by atoms with Crippen LogP contribution in [0, 0.1) is 5.92 Å². The number of thiazole rings is 1. The van der Waals surface area contributed by atoms with Gasteiger partial charge in [0.1, 0.15) is 0 Å². The summed E-state index contributed by atoms with van der Waals surface area (Å²) in [5, 5.41) is 8.00. The molecule has 1 aromatic heterocycles. The van der Waals surface area contributed by atoms with Crippen LogP contribution in [0.15, 0.2) is 29.3 Å². The van der Waals surface area contributed by atoms with E-state index < -0.39 is 0 Å². The highest BCUT2D eigenvalue weighted by atomic mass is 127. The van der Waals surface area contributed by atoms with Gasteiger partial charge in [-0.2, -0.15) is 0 Å². The summed E-state index contributed by atoms with van der Waals surface area (Å²) in [6.07, 6.45) is 2.06. The number of aliphatic imine (C=N–C) groups is 1. The van der Waals surface area contributed by atoms with Crippen LogP contribution < -0.4 is 10.6 Å². The van der Waals surface area contributed by atoms with Gasteiger partial charge >= 0.3 is 0 Å². The summed E-state index contributed by atoms with van der Waals surface area (Å²) in [5.41, 5.74) is 1.11. The van der Waals surface area contributed by atoms with Gasteiger partial charge in [0.2, 0.25) is 0 Å². The number of hydrogen-bond donors (Lipinski definition) is 2. The third kappa shape index (κ3) is 6.25. The van der Waals surface area contributed by atoms with E-state index >= 15 is 0 Å². The molecule has 0 spiro atoms. The maximum Gasteiger partial charge on any atom is 0.191 e. The smallest absolute Gasteiger partial charge is 0.191 e. The Morgan fingerprint density at radius 2 is 2.00 bits per heavy atom. The predicted molar refractivity (Wildman–Crippen MR) is 112 cm³/mol. The maximum absolute atomic E-state index is 4.67. The Morgan fingerprint density at radius 3 is 2.65 bits per heavy atom. The van der Waals surface area contributed by atoms with Crippen LogP contribution in [-0.4, -0.2) is 30.6 Å². The Hall–Kier alpha value is -0.890. The quantitative estimate of drug-likeness (QED) is 0.305. The van der Waals surface area contributed by atoms with Gasteiger partial charge in [-0.25, -0.2) is 4.98 Å². The highest BCUT2D eigenvalue weighted by Gasteiger charge is 2.08. The summed E-state index contributed by atoms with van der Waals surface area (Å²) in [6.45, 7) is 7.50. The van der Waals surface area contributed by atoms with Crippen molar-refractivity contribution in [1.29, 1.82) is 0 Å². The number of benzene rings is 1. The summed E-state index contributed by atoms with van der Waals surface area (Å²) in [4.78, 5) is 8.94. The molecule has 0 radical (unpaired) electrons. The average molecular weight is 446 g/mol. The number of halogens is 1. The van der Waals surface area contributed by atoms with Crippen molar-refractivity contribution in [3.63, 3.8) is 0 Å². The summed E-state index contributed by atoms with van der Waals surface area (Å²) < 4.78 is 1.27. The minimum Gasteiger partial charge on any atom is -0.356 e. The zero-order chi connectivity index (χ0) is 15.9. The van der Waals surface area contributed by atoms with Crippen LogP contribution in [0.1, 0.15) is 32.2 Å². The average Bonchev–Trinajstić information content (AvgIpc) is 2.92. The van der Waals surface area contributed by atoms with E-state index in [1.54, 1.807) is 11.3 Å². The molecule has 6 heteroatoms. The van der Waals surface area contributed by atoms with Gasteiger partial charge in [0.25, 0.3) is 0 Å². The van der Waals surface area contributed by atoms with Crippen molar-refractivity contribution in [1.82, 2.24) is 15.6 Å². The molecule has 1 aromatic carbocycles. The molecule has 0 bridgehead atoms. The Balaban J connectivity index is 0.00000264. The molecule has 0 saturated carbocycles. The lowest BCUT2D eigenvalue weighted by atomic mass is 10.1. The van der Waals surface area contributed by atoms with E-state index in [2.05, 4.69) is 59.6 Å². The lowest BCUT2D eigenvalue weighted by Crippen LogP contribution is -2.44. The van der Waals surface area contributed by atoms with E-state index in [1.165, 1.54) is 9.71 Å². The largest absolute Gasteiger partial charge is 0.356 e. The molecular weight excluding hydrogens is 419 g/mol. The molecule has 2 rings (SSSR count). The van der Waals surface area contributed by atoms with Gasteiger partial charge in [0.05, 0.1) is 15.2 Å². The zero-order valence-corrected chi connectivity index (χ0v) is 17.4. The third-order valence-electron chi connectivity index (χ3n) is 3.79. The Labute approximate surface area is 160 Å². The number of hydrogen-bond acceptors (Lipinski definition) is 3. The minimum atomic E-state index is 0. The highest BCUT2D eigenvalue weighted by Crippen LogP contribution is 2.22. The van der Waals surface area contributed by atoms with E-state index in [0.717, 1.165) is 30.9 Å². The van der Waals surface area contributed by atoms with Crippen molar-refractivity contribution in [2.24, 2.45) is 10.9 Å². The molecule has 1 unspecified atom stereocenters. The molecule has 1 atom stereocenters. The highest BCUT2D eigenvalue weighted by molar-refractivity contribution is 14.0. The van der Waals surface area contributed by atoms with Crippen LogP contribution >= 0.6 is 35.3 Å². The molecule has 1 heterocycles. The lowest BCUT2D eigenvalue weighted by molar-refractivity contribution is 0.480. The van der Waals surface area contributed by atoms with Gasteiger partial charge < -0.3 is 10.6 Å². The first-order valence-electron chi connectivity index (χ1n) is 7.91. The first-order valence-corrected chi connectivity index (χ1v) is 8.73. The molecule has 0 aliphatic rings. The molecule has 0 amide bonds. The predicted octanol–water partition coefficient (Wildman–Crippen LogP) is 4.06. The van der Waals surface area contributed by atoms with Crippen LogP contribution in [0.3, 0.4) is 0 Å². The van der Waals surface area contributed by atoms with E-state index in [-0.39, 0.29) is 24.0 Å². The van der Waals surface area contributed by atoms with Crippen molar-refractivity contribution in [3.8, 4) is 0 Å². The molecule has 2 aromatic rings. The van der Waals surface area contributed by atoms with Crippen molar-refractivity contribution >= 4 is 51.5 Å². The number of guanidine groups is 1. The summed E-state index contributed by atoms with van der Waals surface area (Å²) in [6, 6.07) is 8.73. The van der Waals surface area contributed by atoms with Crippen molar-refractivity contribution in [2.75, 3.05) is 13.6 Å². The van der Waals surface area contributed by atoms with Gasteiger partial charge in [-0.3, -0.25) is 4.99 Å². The van der Waals surface area contributed by atoms with E-state index in [0.29, 0.717) is 12.0 Å². The van der Waals surface area contributed by atoms with Crippen LogP contribution in [0.2, 0.25) is 0 Å². The SMILES string of the molecule is CN=C(NCCCc1nc2ccccc2s1)NC(C)C(C)C.I. The standard InChI is InChI=1S/C17H26N4S.HI/c1-12(2)13(3)20-17(18-4)19-11-7-10-16-21-14-8-5-6-9-15(14)22-16;/h5-6,8-9,12-13H,7,10-11H2,1-4H3,(H2,18,19,20);1H. The molecule has 0 aliphatic heterocycles. The van der Waals surface area contributed by atoms with E-state index in [1.807, 2.05) is 13.1 Å². The normalized spacial score (nSPS) is 13.0. The number of aryl methyl sites for hydroxylation is 1. The second-order valence-corrected chi connectivity index (χ2v) is 6.97. The Bertz CT molecular complexity index is 591. The van der Waals surface area contributed by atoms with E-state index in [9.17, 15) is 0 Å². The minimum absolute atomic E-state index is 0. The topological polar surface area (TPSA) is 49.3 Å². The summed E-state index contributed by atoms with van der Waals surface area (Å²) in [5.74, 6) is 1.46. The fourth-order valence-electron chi connectivity index (χ4n) is 2.05. The first-order chi connectivity index (χ1) is 10.6. The maximum atomic E-state index is 4.67. The van der Waals surface area contributed by atoms with Gasteiger partial charge in [-0.1, -0.05) is 26.0 Å². The monoisotopic (exact) mass is 446 g/mol. The van der Waals surface area contributed by atoms with Crippen molar-refractivity contribution < 1.29 is 0 Å². The lowest BCUT2D eigenvalue weighted by Gasteiger charge is -2.20. The van der Waals surface area contributed by atoms with E-state index in [4.69, 9.17) is 0 Å². The summed E-state index contributed by atoms with van der Waals surface area (Å²) in [7, 11) is 1.82. The molecular formula is C17H27IN4S. The number of para-hydroxylation sites is 1. The number of fused-ring (bicyclic) bond motifs is 1. The van der Waals surface area contributed by atoms with Gasteiger partial charge in [0, 0.05) is 26.1 Å². The fraction of sp³-hybridized carbons (Fsp3) is 0.529. The van der Waals surface area contributed by atoms with Gasteiger partial charge in [-0.15, -0.1) is 35.3 Å². The zero-order valence-electron chi connectivity index (χ0n) is 14.3. The molecule has 0 aliphatic carbocycles. The number of nitrogens with one attached hydrogen (secondary N) is 2. The summed E-state index contributed by atoms with van der Waals surface area (Å²) >= 11 is 1.79. The second kappa shape index (κ2) is 10.1. The fourth-order valence-corrected chi connectivity index (χ4v) is 3.06. The molecule has 2 N–H and O–H groups in total. The molecule has 23 heavy (non-hydrogen) atoms. The van der Waals surface area contributed by atoms with Gasteiger partial charge in [-0.05, 0) is 31.4 Å². The molecule has 0 saturated heterocycles. The van der Waals surface area contributed by atoms with Crippen LogP contribution in [0.5, 0.6) is 0 Å². The van der Waals surface area contributed by atoms with Crippen LogP contribution in [0.4, 0.5) is 0 Å². The van der Waals surface area contributed by atoms with Crippen molar-refractivity contribution in [3.05, 3.63) is 29.3 Å².